The molecule has 2 aliphatic heterocycles. The molecule has 2 aliphatic rings. The van der Waals surface area contributed by atoms with Gasteiger partial charge in [0.15, 0.2) is 17.5 Å². The summed E-state index contributed by atoms with van der Waals surface area (Å²) in [7, 11) is -4.10. The first kappa shape index (κ1) is 21.8. The van der Waals surface area contributed by atoms with Gasteiger partial charge < -0.3 is 5.32 Å². The van der Waals surface area contributed by atoms with E-state index in [0.717, 1.165) is 6.07 Å². The number of amides is 1. The van der Waals surface area contributed by atoms with E-state index >= 15 is 0 Å². The van der Waals surface area contributed by atoms with Crippen molar-refractivity contribution in [2.24, 2.45) is 0 Å². The molecule has 2 fully saturated rings. The van der Waals surface area contributed by atoms with Gasteiger partial charge >= 0.3 is 0 Å². The standard InChI is InChI=1S/C20H16ClF3N2O4S/c21-15-4-1-10(20(28)25-11-6-16(22)19(24)17(23)7-11)5-18(15)31(29,30)26-12-2-3-13(26)9-14(27)8-12/h1,4-7,12-13H,2-3,8-9H2,(H,25,28). The number of fused-ring (bicyclic) bond motifs is 2. The lowest BCUT2D eigenvalue weighted by molar-refractivity contribution is -0.122. The van der Waals surface area contributed by atoms with Gasteiger partial charge in [-0.15, -0.1) is 0 Å². The van der Waals surface area contributed by atoms with Gasteiger partial charge in [0, 0.05) is 48.3 Å². The van der Waals surface area contributed by atoms with Crippen molar-refractivity contribution in [3.8, 4) is 0 Å². The summed E-state index contributed by atoms with van der Waals surface area (Å²) < 4.78 is 67.8. The van der Waals surface area contributed by atoms with Crippen molar-refractivity contribution < 1.29 is 31.2 Å². The fourth-order valence-corrected chi connectivity index (χ4v) is 6.48. The molecule has 1 amide bonds. The lowest BCUT2D eigenvalue weighted by Gasteiger charge is -2.33. The minimum absolute atomic E-state index is 0.0111. The number of carbonyl (C=O) groups excluding carboxylic acids is 2. The van der Waals surface area contributed by atoms with E-state index in [2.05, 4.69) is 5.32 Å². The molecule has 2 saturated heterocycles. The van der Waals surface area contributed by atoms with Crippen molar-refractivity contribution >= 4 is 39.0 Å². The highest BCUT2D eigenvalue weighted by Gasteiger charge is 2.47. The Bertz CT molecular complexity index is 1170. The molecular formula is C20H16ClF3N2O4S. The third kappa shape index (κ3) is 3.95. The van der Waals surface area contributed by atoms with Crippen molar-refractivity contribution in [2.45, 2.75) is 42.7 Å². The van der Waals surface area contributed by atoms with E-state index < -0.39 is 45.5 Å². The molecule has 4 rings (SSSR count). The van der Waals surface area contributed by atoms with Gasteiger partial charge in [-0.1, -0.05) is 11.6 Å². The van der Waals surface area contributed by atoms with Crippen LogP contribution in [0.2, 0.25) is 5.02 Å². The first-order valence-corrected chi connectivity index (χ1v) is 11.2. The normalized spacial score (nSPS) is 21.4. The smallest absolute Gasteiger partial charge is 0.255 e. The number of benzene rings is 2. The Morgan fingerprint density at radius 1 is 1.03 bits per heavy atom. The highest BCUT2D eigenvalue weighted by molar-refractivity contribution is 7.89. The number of hydrogen-bond donors (Lipinski definition) is 1. The number of piperidine rings is 1. The number of anilines is 1. The minimum Gasteiger partial charge on any atom is -0.322 e. The zero-order valence-corrected chi connectivity index (χ0v) is 17.4. The summed E-state index contributed by atoms with van der Waals surface area (Å²) in [5.74, 6) is -5.49. The largest absolute Gasteiger partial charge is 0.322 e. The van der Waals surface area contributed by atoms with E-state index in [1.807, 2.05) is 0 Å². The predicted octanol–water partition coefficient (Wildman–Crippen LogP) is 3.89. The summed E-state index contributed by atoms with van der Waals surface area (Å²) in [5, 5.41) is 2.09. The maximum atomic E-state index is 13.4. The maximum absolute atomic E-state index is 13.4. The van der Waals surface area contributed by atoms with Gasteiger partial charge in [0.25, 0.3) is 5.91 Å². The molecule has 2 aromatic rings. The molecule has 0 radical (unpaired) electrons. The molecule has 6 nitrogen and oxygen atoms in total. The Balaban J connectivity index is 1.64. The molecule has 31 heavy (non-hydrogen) atoms. The second-order valence-electron chi connectivity index (χ2n) is 7.52. The molecular weight excluding hydrogens is 457 g/mol. The zero-order chi connectivity index (χ0) is 22.5. The van der Waals surface area contributed by atoms with Crippen molar-refractivity contribution in [1.29, 1.82) is 0 Å². The summed E-state index contributed by atoms with van der Waals surface area (Å²) >= 11 is 6.12. The number of halogens is 4. The van der Waals surface area contributed by atoms with Crippen molar-refractivity contribution in [3.05, 3.63) is 58.4 Å². The highest BCUT2D eigenvalue weighted by Crippen LogP contribution is 2.40. The molecule has 1 N–H and O–H groups in total. The van der Waals surface area contributed by atoms with E-state index in [-0.39, 0.29) is 39.8 Å². The number of nitrogens with zero attached hydrogens (tertiary/aromatic N) is 1. The molecule has 11 heteroatoms. The van der Waals surface area contributed by atoms with Crippen LogP contribution in [0.1, 0.15) is 36.0 Å². The molecule has 2 unspecified atom stereocenters. The van der Waals surface area contributed by atoms with Gasteiger partial charge in [0.1, 0.15) is 10.7 Å². The quantitative estimate of drug-likeness (QED) is 0.684. The maximum Gasteiger partial charge on any atom is 0.255 e. The summed E-state index contributed by atoms with van der Waals surface area (Å²) in [6.45, 7) is 0. The number of hydrogen-bond acceptors (Lipinski definition) is 4. The van der Waals surface area contributed by atoms with Crippen LogP contribution < -0.4 is 5.32 Å². The lowest BCUT2D eigenvalue weighted by atomic mass is 10.0. The van der Waals surface area contributed by atoms with E-state index in [4.69, 9.17) is 11.6 Å². The number of Topliss-reactive ketones (excluding diaryl/α,β-unsaturated/α-hetero) is 1. The molecule has 164 valence electrons. The number of nitrogens with one attached hydrogen (secondary N) is 1. The third-order valence-corrected chi connectivity index (χ3v) is 7.96. The summed E-state index contributed by atoms with van der Waals surface area (Å²) in [5.41, 5.74) is -0.470. The van der Waals surface area contributed by atoms with Gasteiger partial charge in [0.05, 0.1) is 5.02 Å². The fraction of sp³-hybridized carbons (Fsp3) is 0.300. The third-order valence-electron chi connectivity index (χ3n) is 5.47. The van der Waals surface area contributed by atoms with E-state index in [1.165, 1.54) is 16.4 Å². The SMILES string of the molecule is O=C1CC2CCC(C1)N2S(=O)(=O)c1cc(C(=O)Nc2cc(F)c(F)c(F)c2)ccc1Cl. The van der Waals surface area contributed by atoms with Gasteiger partial charge in [-0.25, -0.2) is 21.6 Å². The van der Waals surface area contributed by atoms with E-state index in [1.54, 1.807) is 0 Å². The van der Waals surface area contributed by atoms with Gasteiger partial charge in [0.2, 0.25) is 10.0 Å². The zero-order valence-electron chi connectivity index (χ0n) is 15.9. The molecule has 0 spiro atoms. The van der Waals surface area contributed by atoms with Crippen LogP contribution in [0.3, 0.4) is 0 Å². The second kappa shape index (κ2) is 7.92. The van der Waals surface area contributed by atoms with Gasteiger partial charge in [-0.05, 0) is 31.0 Å². The molecule has 2 atom stereocenters. The minimum atomic E-state index is -4.10. The fourth-order valence-electron chi connectivity index (χ4n) is 4.11. The summed E-state index contributed by atoms with van der Waals surface area (Å²) in [6, 6.07) is 3.86. The Kier molecular flexibility index (Phi) is 5.57. The van der Waals surface area contributed by atoms with Crippen LogP contribution in [-0.4, -0.2) is 36.5 Å². The van der Waals surface area contributed by atoms with Gasteiger partial charge in [-0.2, -0.15) is 4.31 Å². The average Bonchev–Trinajstić information content (AvgIpc) is 2.99. The van der Waals surface area contributed by atoms with Crippen LogP contribution in [0, 0.1) is 17.5 Å². The predicted molar refractivity (Wildman–Crippen MR) is 106 cm³/mol. The first-order valence-electron chi connectivity index (χ1n) is 9.38. The van der Waals surface area contributed by atoms with Gasteiger partial charge in [-0.3, -0.25) is 9.59 Å². The van der Waals surface area contributed by atoms with Crippen molar-refractivity contribution in [2.75, 3.05) is 5.32 Å². The van der Waals surface area contributed by atoms with E-state index in [9.17, 15) is 31.2 Å². The lowest BCUT2D eigenvalue weighted by Crippen LogP contribution is -2.46. The summed E-state index contributed by atoms with van der Waals surface area (Å²) in [6.07, 6.45) is 1.40. The monoisotopic (exact) mass is 472 g/mol. The number of carbonyl (C=O) groups is 2. The highest BCUT2D eigenvalue weighted by atomic mass is 35.5. The Morgan fingerprint density at radius 3 is 2.19 bits per heavy atom. The Labute approximate surface area is 181 Å². The van der Waals surface area contributed by atoms with Crippen LogP contribution >= 0.6 is 11.6 Å². The molecule has 2 heterocycles. The molecule has 2 aromatic carbocycles. The van der Waals surface area contributed by atoms with E-state index in [0.29, 0.717) is 25.0 Å². The van der Waals surface area contributed by atoms with Crippen LogP contribution in [0.5, 0.6) is 0 Å². The van der Waals surface area contributed by atoms with Crippen molar-refractivity contribution in [3.63, 3.8) is 0 Å². The number of rotatable bonds is 4. The van der Waals surface area contributed by atoms with Crippen LogP contribution in [0.4, 0.5) is 18.9 Å². The van der Waals surface area contributed by atoms with Crippen LogP contribution in [0.25, 0.3) is 0 Å². The molecule has 2 bridgehead atoms. The topological polar surface area (TPSA) is 83.6 Å². The second-order valence-corrected chi connectivity index (χ2v) is 9.74. The van der Waals surface area contributed by atoms with Crippen molar-refractivity contribution in [1.82, 2.24) is 4.31 Å². The average molecular weight is 473 g/mol. The number of ketones is 1. The molecule has 0 aromatic heterocycles. The first-order chi connectivity index (χ1) is 14.6. The molecule has 0 aliphatic carbocycles. The molecule has 0 saturated carbocycles. The van der Waals surface area contributed by atoms with Crippen LogP contribution in [-0.2, 0) is 14.8 Å². The Hall–Kier alpha value is -2.43. The Morgan fingerprint density at radius 2 is 1.61 bits per heavy atom. The van der Waals surface area contributed by atoms with Crippen LogP contribution in [0.15, 0.2) is 35.2 Å². The number of sulfonamides is 1. The summed E-state index contributed by atoms with van der Waals surface area (Å²) in [4.78, 5) is 24.0.